The number of nitrogens with one attached hydrogen (secondary N) is 1. The van der Waals surface area contributed by atoms with Crippen LogP contribution in [0.2, 0.25) is 0 Å². The lowest BCUT2D eigenvalue weighted by Gasteiger charge is -2.08. The number of benzene rings is 1. The molecule has 11 heavy (non-hydrogen) atoms. The van der Waals surface area contributed by atoms with E-state index in [1.807, 2.05) is 26.1 Å². The summed E-state index contributed by atoms with van der Waals surface area (Å²) in [6.07, 6.45) is 0. The fraction of sp³-hybridized carbons (Fsp3) is 0.250. The Morgan fingerprint density at radius 1 is 1.45 bits per heavy atom. The fourth-order valence-electron chi connectivity index (χ4n) is 1.11. The first-order valence-electron chi connectivity index (χ1n) is 3.38. The van der Waals surface area contributed by atoms with Crippen LogP contribution in [0.25, 0.3) is 0 Å². The van der Waals surface area contributed by atoms with Gasteiger partial charge in [0.2, 0.25) is 0 Å². The maximum atomic E-state index is 5.74. The van der Waals surface area contributed by atoms with Crippen molar-refractivity contribution in [2.75, 3.05) is 18.1 Å². The summed E-state index contributed by atoms with van der Waals surface area (Å²) < 4.78 is 1.02. The molecule has 0 aliphatic rings. The van der Waals surface area contributed by atoms with E-state index in [0.717, 1.165) is 21.4 Å². The molecule has 0 saturated carbocycles. The third-order valence-electron chi connectivity index (χ3n) is 1.58. The van der Waals surface area contributed by atoms with Gasteiger partial charge in [-0.05, 0) is 24.6 Å². The van der Waals surface area contributed by atoms with E-state index in [9.17, 15) is 0 Å². The molecule has 0 fully saturated rings. The van der Waals surface area contributed by atoms with Crippen LogP contribution in [0.5, 0.6) is 0 Å². The van der Waals surface area contributed by atoms with Crippen molar-refractivity contribution < 1.29 is 0 Å². The lowest BCUT2D eigenvalue weighted by molar-refractivity contribution is 1.39. The second-order valence-corrected chi connectivity index (χ2v) is 3.35. The lowest BCUT2D eigenvalue weighted by Crippen LogP contribution is -1.97. The van der Waals surface area contributed by atoms with Crippen molar-refractivity contribution in [3.63, 3.8) is 0 Å². The minimum atomic E-state index is 0.777. The van der Waals surface area contributed by atoms with Crippen LogP contribution in [0.1, 0.15) is 5.56 Å². The first-order chi connectivity index (χ1) is 5.15. The van der Waals surface area contributed by atoms with Gasteiger partial charge in [-0.15, -0.1) is 0 Å². The second kappa shape index (κ2) is 3.13. The number of anilines is 2. The number of aryl methyl sites for hydroxylation is 1. The van der Waals surface area contributed by atoms with Crippen LogP contribution in [-0.2, 0) is 0 Å². The molecule has 0 heterocycles. The Morgan fingerprint density at radius 3 is 2.55 bits per heavy atom. The molecule has 0 amide bonds. The van der Waals surface area contributed by atoms with Crippen molar-refractivity contribution in [2.45, 2.75) is 6.92 Å². The average Bonchev–Trinajstić information content (AvgIpc) is 1.85. The smallest absolute Gasteiger partial charge is 0.0601 e. The van der Waals surface area contributed by atoms with Crippen molar-refractivity contribution in [1.82, 2.24) is 0 Å². The Balaban J connectivity index is 3.25. The number of hydrogen-bond donors (Lipinski definition) is 2. The minimum Gasteiger partial charge on any atom is -0.397 e. The summed E-state index contributed by atoms with van der Waals surface area (Å²) in [6.45, 7) is 2.02. The molecule has 2 nitrogen and oxygen atoms in total. The summed E-state index contributed by atoms with van der Waals surface area (Å²) in [4.78, 5) is 0. The fourth-order valence-corrected chi connectivity index (χ4v) is 1.70. The monoisotopic (exact) mass is 214 g/mol. The number of nitrogen functional groups attached to an aromatic ring is 1. The molecule has 0 aliphatic carbocycles. The van der Waals surface area contributed by atoms with Crippen molar-refractivity contribution in [1.29, 1.82) is 0 Å². The van der Waals surface area contributed by atoms with Gasteiger partial charge in [0.15, 0.2) is 0 Å². The summed E-state index contributed by atoms with van der Waals surface area (Å²) >= 11 is 3.37. The van der Waals surface area contributed by atoms with Crippen LogP contribution < -0.4 is 11.1 Å². The third-order valence-corrected chi connectivity index (χ3v) is 2.04. The highest BCUT2D eigenvalue weighted by Gasteiger charge is 2.01. The molecule has 0 unspecified atom stereocenters. The first kappa shape index (κ1) is 8.40. The Hall–Kier alpha value is -0.700. The Kier molecular flexibility index (Phi) is 2.39. The van der Waals surface area contributed by atoms with Gasteiger partial charge in [-0.3, -0.25) is 0 Å². The van der Waals surface area contributed by atoms with Gasteiger partial charge in [-0.25, -0.2) is 0 Å². The van der Waals surface area contributed by atoms with Crippen LogP contribution in [-0.4, -0.2) is 7.05 Å². The van der Waals surface area contributed by atoms with E-state index < -0.39 is 0 Å². The van der Waals surface area contributed by atoms with E-state index in [2.05, 4.69) is 21.2 Å². The number of hydrogen-bond acceptors (Lipinski definition) is 2. The highest BCUT2D eigenvalue weighted by atomic mass is 79.9. The zero-order chi connectivity index (χ0) is 8.43. The molecule has 0 spiro atoms. The molecule has 0 bridgehead atoms. The average molecular weight is 215 g/mol. The predicted molar refractivity (Wildman–Crippen MR) is 52.8 cm³/mol. The van der Waals surface area contributed by atoms with Gasteiger partial charge in [-0.2, -0.15) is 0 Å². The van der Waals surface area contributed by atoms with E-state index in [1.54, 1.807) is 0 Å². The molecular formula is C8H11BrN2. The highest BCUT2D eigenvalue weighted by molar-refractivity contribution is 9.10. The van der Waals surface area contributed by atoms with Gasteiger partial charge in [0.25, 0.3) is 0 Å². The summed E-state index contributed by atoms with van der Waals surface area (Å²) in [5.41, 5.74) is 8.68. The number of rotatable bonds is 1. The van der Waals surface area contributed by atoms with Crippen LogP contribution >= 0.6 is 15.9 Å². The molecule has 1 aromatic rings. The van der Waals surface area contributed by atoms with Crippen LogP contribution in [0.3, 0.4) is 0 Å². The Labute approximate surface area is 74.9 Å². The quantitative estimate of drug-likeness (QED) is 0.706. The molecule has 1 aromatic carbocycles. The standard InChI is InChI=1S/C8H11BrN2/c1-5-3-6(9)4-7(10)8(5)11-2/h3-4,11H,10H2,1-2H3. The van der Waals surface area contributed by atoms with Gasteiger partial charge in [0.1, 0.15) is 0 Å². The molecule has 0 atom stereocenters. The van der Waals surface area contributed by atoms with Crippen molar-refractivity contribution in [2.24, 2.45) is 0 Å². The number of halogens is 1. The van der Waals surface area contributed by atoms with Gasteiger partial charge >= 0.3 is 0 Å². The van der Waals surface area contributed by atoms with Gasteiger partial charge < -0.3 is 11.1 Å². The van der Waals surface area contributed by atoms with Crippen molar-refractivity contribution in [3.05, 3.63) is 22.2 Å². The van der Waals surface area contributed by atoms with Crippen LogP contribution in [0.15, 0.2) is 16.6 Å². The van der Waals surface area contributed by atoms with Crippen molar-refractivity contribution in [3.8, 4) is 0 Å². The normalized spacial score (nSPS) is 9.73. The molecule has 3 N–H and O–H groups in total. The molecule has 0 aromatic heterocycles. The summed E-state index contributed by atoms with van der Waals surface area (Å²) in [5, 5.41) is 3.04. The van der Waals surface area contributed by atoms with Crippen molar-refractivity contribution >= 4 is 27.3 Å². The Bertz CT molecular complexity index is 248. The maximum absolute atomic E-state index is 5.74. The minimum absolute atomic E-state index is 0.777. The predicted octanol–water partition coefficient (Wildman–Crippen LogP) is 2.38. The topological polar surface area (TPSA) is 38.0 Å². The molecule has 3 heteroatoms. The van der Waals surface area contributed by atoms with Gasteiger partial charge in [0.05, 0.1) is 11.4 Å². The highest BCUT2D eigenvalue weighted by Crippen LogP contribution is 2.26. The number of nitrogens with two attached hydrogens (primary N) is 1. The van der Waals surface area contributed by atoms with Crippen LogP contribution in [0.4, 0.5) is 11.4 Å². The maximum Gasteiger partial charge on any atom is 0.0601 e. The molecule has 0 saturated heterocycles. The van der Waals surface area contributed by atoms with E-state index in [-0.39, 0.29) is 0 Å². The molecule has 0 aliphatic heterocycles. The Morgan fingerprint density at radius 2 is 2.09 bits per heavy atom. The summed E-state index contributed by atoms with van der Waals surface area (Å²) in [5.74, 6) is 0. The summed E-state index contributed by atoms with van der Waals surface area (Å²) in [7, 11) is 1.87. The van der Waals surface area contributed by atoms with E-state index in [0.29, 0.717) is 0 Å². The van der Waals surface area contributed by atoms with Gasteiger partial charge in [0, 0.05) is 11.5 Å². The van der Waals surface area contributed by atoms with E-state index in [4.69, 9.17) is 5.73 Å². The first-order valence-corrected chi connectivity index (χ1v) is 4.18. The largest absolute Gasteiger partial charge is 0.397 e. The van der Waals surface area contributed by atoms with Crippen LogP contribution in [0, 0.1) is 6.92 Å². The third kappa shape index (κ3) is 1.66. The SMILES string of the molecule is CNc1c(C)cc(Br)cc1N. The molecule has 1 rings (SSSR count). The summed E-state index contributed by atoms with van der Waals surface area (Å²) in [6, 6.07) is 3.92. The zero-order valence-corrected chi connectivity index (χ0v) is 8.20. The lowest BCUT2D eigenvalue weighted by atomic mass is 10.2. The second-order valence-electron chi connectivity index (χ2n) is 2.44. The molecule has 0 radical (unpaired) electrons. The van der Waals surface area contributed by atoms with E-state index in [1.165, 1.54) is 0 Å². The molecular weight excluding hydrogens is 204 g/mol. The molecule has 60 valence electrons. The zero-order valence-electron chi connectivity index (χ0n) is 6.61. The van der Waals surface area contributed by atoms with E-state index >= 15 is 0 Å². The van der Waals surface area contributed by atoms with Gasteiger partial charge in [-0.1, -0.05) is 15.9 Å².